The number of alkyl halides is 3. The number of anilines is 1. The Hall–Kier alpha value is -3.21. The number of carbonyl (C=O) groups is 2. The summed E-state index contributed by atoms with van der Waals surface area (Å²) < 4.78 is 52.8. The van der Waals surface area contributed by atoms with Gasteiger partial charge in [-0.15, -0.1) is 0 Å². The number of aromatic nitrogens is 1. The lowest BCUT2D eigenvalue weighted by atomic mass is 9.85. The molecule has 11 heteroatoms. The molecule has 7 nitrogen and oxygen atoms in total. The number of halogens is 4. The predicted molar refractivity (Wildman–Crippen MR) is 136 cm³/mol. The first-order valence-corrected chi connectivity index (χ1v) is 13.5. The molecule has 39 heavy (non-hydrogen) atoms. The number of fused-ring (bicyclic) bond motifs is 3. The van der Waals surface area contributed by atoms with Gasteiger partial charge in [0, 0.05) is 36.4 Å². The molecule has 2 bridgehead atoms. The zero-order valence-corrected chi connectivity index (χ0v) is 21.4. The first kappa shape index (κ1) is 27.4. The van der Waals surface area contributed by atoms with Crippen LogP contribution in [0.4, 0.5) is 23.4 Å². The maximum atomic E-state index is 13.7. The standard InChI is InChI=1S/C28H32F4N4O3/c29-20-13-18(12-19(15-20)28(30,31)32)26(37)35-23(27(38)39)9-11-36-22-7-8-24(36)17(14-22)4-6-21-5-3-16-2-1-10-33-25(16)34-21/h3,5,12-13,15,17,22-24H,1-2,4,6-11,14H2,(H,33,34)(H,35,37)(H,38,39)/t17-,22+,23?,24-/m1/s1. The maximum Gasteiger partial charge on any atom is 0.416 e. The second-order valence-electron chi connectivity index (χ2n) is 10.8. The van der Waals surface area contributed by atoms with Gasteiger partial charge in [-0.3, -0.25) is 9.69 Å². The van der Waals surface area contributed by atoms with Crippen LogP contribution in [0.3, 0.4) is 0 Å². The molecular weight excluding hydrogens is 516 g/mol. The molecule has 4 atom stereocenters. The summed E-state index contributed by atoms with van der Waals surface area (Å²) in [5.74, 6) is -2.10. The average molecular weight is 549 g/mol. The summed E-state index contributed by atoms with van der Waals surface area (Å²) in [5.41, 5.74) is 0.452. The smallest absolute Gasteiger partial charge is 0.416 e. The van der Waals surface area contributed by atoms with Gasteiger partial charge in [0.25, 0.3) is 5.91 Å². The number of hydrogen-bond donors (Lipinski definition) is 3. The summed E-state index contributed by atoms with van der Waals surface area (Å²) in [6, 6.07) is 5.12. The van der Waals surface area contributed by atoms with E-state index in [1.807, 2.05) is 0 Å². The van der Waals surface area contributed by atoms with E-state index in [-0.39, 0.29) is 6.42 Å². The highest BCUT2D eigenvalue weighted by molar-refractivity contribution is 5.96. The number of aryl methyl sites for hydroxylation is 2. The number of rotatable bonds is 9. The Balaban J connectivity index is 1.17. The van der Waals surface area contributed by atoms with Crippen molar-refractivity contribution in [1.29, 1.82) is 0 Å². The second-order valence-corrected chi connectivity index (χ2v) is 10.8. The molecule has 2 aromatic rings. The quantitative estimate of drug-likeness (QED) is 0.395. The molecule has 3 aliphatic rings. The fraction of sp³-hybridized carbons (Fsp3) is 0.536. The van der Waals surface area contributed by atoms with Crippen molar-refractivity contribution in [1.82, 2.24) is 15.2 Å². The maximum absolute atomic E-state index is 13.7. The Kier molecular flexibility index (Phi) is 7.80. The Morgan fingerprint density at radius 3 is 2.79 bits per heavy atom. The van der Waals surface area contributed by atoms with E-state index in [4.69, 9.17) is 4.98 Å². The molecule has 1 aromatic carbocycles. The van der Waals surface area contributed by atoms with E-state index in [0.717, 1.165) is 63.0 Å². The predicted octanol–water partition coefficient (Wildman–Crippen LogP) is 4.66. The molecule has 0 radical (unpaired) electrons. The van der Waals surface area contributed by atoms with E-state index in [2.05, 4.69) is 27.7 Å². The number of carbonyl (C=O) groups excluding carboxylic acids is 1. The minimum absolute atomic E-state index is 0.0975. The lowest BCUT2D eigenvalue weighted by Crippen LogP contribution is -2.44. The molecule has 1 unspecified atom stereocenters. The van der Waals surface area contributed by atoms with Gasteiger partial charge in [-0.25, -0.2) is 14.2 Å². The monoisotopic (exact) mass is 548 g/mol. The number of nitrogens with zero attached hydrogens (tertiary/aromatic N) is 2. The number of aliphatic carboxylic acids is 1. The Bertz CT molecular complexity index is 1240. The summed E-state index contributed by atoms with van der Waals surface area (Å²) >= 11 is 0. The van der Waals surface area contributed by atoms with Crippen LogP contribution in [0.2, 0.25) is 0 Å². The van der Waals surface area contributed by atoms with Crippen molar-refractivity contribution in [3.8, 4) is 0 Å². The lowest BCUT2D eigenvalue weighted by Gasteiger charge is -2.26. The third-order valence-electron chi connectivity index (χ3n) is 8.30. The van der Waals surface area contributed by atoms with Crippen LogP contribution in [0, 0.1) is 11.7 Å². The highest BCUT2D eigenvalue weighted by atomic mass is 19.4. The normalized spacial score (nSPS) is 23.2. The molecule has 0 spiro atoms. The summed E-state index contributed by atoms with van der Waals surface area (Å²) in [6.07, 6.45) is 2.39. The van der Waals surface area contributed by atoms with E-state index in [0.29, 0.717) is 42.7 Å². The highest BCUT2D eigenvalue weighted by Crippen LogP contribution is 2.43. The van der Waals surface area contributed by atoms with E-state index < -0.39 is 41.0 Å². The van der Waals surface area contributed by atoms with E-state index in [1.54, 1.807) is 0 Å². The first-order chi connectivity index (χ1) is 18.6. The van der Waals surface area contributed by atoms with Crippen LogP contribution in [0.15, 0.2) is 30.3 Å². The first-order valence-electron chi connectivity index (χ1n) is 13.5. The molecule has 0 saturated carbocycles. The van der Waals surface area contributed by atoms with Gasteiger partial charge in [0.1, 0.15) is 17.7 Å². The molecule has 210 valence electrons. The van der Waals surface area contributed by atoms with Gasteiger partial charge in [0.15, 0.2) is 0 Å². The second kappa shape index (κ2) is 11.1. The van der Waals surface area contributed by atoms with Crippen molar-refractivity contribution < 1.29 is 32.3 Å². The van der Waals surface area contributed by atoms with Crippen LogP contribution in [0.5, 0.6) is 0 Å². The number of amides is 1. The van der Waals surface area contributed by atoms with Crippen LogP contribution in [-0.4, -0.2) is 58.1 Å². The number of hydrogen-bond acceptors (Lipinski definition) is 5. The molecule has 1 amide bonds. The molecule has 0 aliphatic carbocycles. The number of benzene rings is 1. The molecular formula is C28H32F4N4O3. The van der Waals surface area contributed by atoms with Gasteiger partial charge in [-0.1, -0.05) is 6.07 Å². The van der Waals surface area contributed by atoms with Gasteiger partial charge in [-0.05, 0) is 87.1 Å². The van der Waals surface area contributed by atoms with Gasteiger partial charge in [0.2, 0.25) is 0 Å². The summed E-state index contributed by atoms with van der Waals surface area (Å²) in [7, 11) is 0. The van der Waals surface area contributed by atoms with E-state index in [9.17, 15) is 32.3 Å². The van der Waals surface area contributed by atoms with Crippen molar-refractivity contribution in [2.45, 2.75) is 75.7 Å². The fourth-order valence-corrected chi connectivity index (χ4v) is 6.39. The van der Waals surface area contributed by atoms with Crippen molar-refractivity contribution >= 4 is 17.7 Å². The molecule has 2 saturated heterocycles. The van der Waals surface area contributed by atoms with Crippen LogP contribution >= 0.6 is 0 Å². The molecule has 5 rings (SSSR count). The Morgan fingerprint density at radius 2 is 2.03 bits per heavy atom. The zero-order chi connectivity index (χ0) is 27.7. The largest absolute Gasteiger partial charge is 0.480 e. The Morgan fingerprint density at radius 1 is 1.21 bits per heavy atom. The zero-order valence-electron chi connectivity index (χ0n) is 21.4. The van der Waals surface area contributed by atoms with Gasteiger partial charge in [-0.2, -0.15) is 13.2 Å². The van der Waals surface area contributed by atoms with Gasteiger partial charge >= 0.3 is 12.1 Å². The van der Waals surface area contributed by atoms with Crippen LogP contribution in [0.25, 0.3) is 0 Å². The lowest BCUT2D eigenvalue weighted by molar-refractivity contribution is -0.140. The summed E-state index contributed by atoms with van der Waals surface area (Å²) in [5, 5.41) is 15.3. The number of nitrogens with one attached hydrogen (secondary N) is 2. The SMILES string of the molecule is O=C(NC(CCN1[C@H]2CC[C@@H]1[C@H](CCc1ccc3c(n1)NCCC3)C2)C(=O)O)c1cc(F)cc(C(F)(F)F)c1. The third-order valence-corrected chi connectivity index (χ3v) is 8.30. The summed E-state index contributed by atoms with van der Waals surface area (Å²) in [4.78, 5) is 31.5. The number of carboxylic acids is 1. The van der Waals surface area contributed by atoms with Gasteiger partial charge in [0.05, 0.1) is 5.56 Å². The van der Waals surface area contributed by atoms with Crippen molar-refractivity contribution in [3.05, 3.63) is 58.5 Å². The average Bonchev–Trinajstić information content (AvgIpc) is 3.45. The molecule has 3 N–H and O–H groups in total. The van der Waals surface area contributed by atoms with Crippen molar-refractivity contribution in [2.24, 2.45) is 5.92 Å². The minimum atomic E-state index is -4.83. The Labute approximate surface area is 224 Å². The van der Waals surface area contributed by atoms with Crippen molar-refractivity contribution in [3.63, 3.8) is 0 Å². The van der Waals surface area contributed by atoms with E-state index >= 15 is 0 Å². The topological polar surface area (TPSA) is 94.6 Å². The van der Waals surface area contributed by atoms with Crippen LogP contribution in [0.1, 0.15) is 65.7 Å². The molecule has 2 fully saturated rings. The number of carboxylic acid groups (broad SMARTS) is 1. The number of pyridine rings is 1. The molecule has 3 aliphatic heterocycles. The van der Waals surface area contributed by atoms with E-state index in [1.165, 1.54) is 5.56 Å². The minimum Gasteiger partial charge on any atom is -0.480 e. The molecule has 4 heterocycles. The highest BCUT2D eigenvalue weighted by Gasteiger charge is 2.45. The van der Waals surface area contributed by atoms with Crippen LogP contribution in [-0.2, 0) is 23.8 Å². The molecule has 1 aromatic heterocycles. The van der Waals surface area contributed by atoms with Crippen LogP contribution < -0.4 is 10.6 Å². The summed E-state index contributed by atoms with van der Waals surface area (Å²) in [6.45, 7) is 1.39. The van der Waals surface area contributed by atoms with Gasteiger partial charge < -0.3 is 15.7 Å². The third kappa shape index (κ3) is 6.18. The van der Waals surface area contributed by atoms with Crippen molar-refractivity contribution in [2.75, 3.05) is 18.4 Å². The fourth-order valence-electron chi connectivity index (χ4n) is 6.39.